The maximum atomic E-state index is 12.0. The van der Waals surface area contributed by atoms with Crippen molar-refractivity contribution in [1.29, 1.82) is 0 Å². The van der Waals surface area contributed by atoms with Crippen molar-refractivity contribution in [1.82, 2.24) is 4.83 Å². The van der Waals surface area contributed by atoms with Gasteiger partial charge < -0.3 is 10.4 Å². The van der Waals surface area contributed by atoms with Crippen molar-refractivity contribution in [2.24, 2.45) is 5.10 Å². The summed E-state index contributed by atoms with van der Waals surface area (Å²) in [5.74, 6) is 0. The predicted octanol–water partition coefficient (Wildman–Crippen LogP) is 1.98. The number of anilines is 1. The molecule has 1 aromatic rings. The first-order chi connectivity index (χ1) is 9.49. The van der Waals surface area contributed by atoms with E-state index < -0.39 is 10.0 Å². The molecule has 0 aromatic heterocycles. The smallest absolute Gasteiger partial charge is 0.276 e. The van der Waals surface area contributed by atoms with Crippen molar-refractivity contribution >= 4 is 21.4 Å². The van der Waals surface area contributed by atoms with Crippen molar-refractivity contribution in [2.45, 2.75) is 37.0 Å². The summed E-state index contributed by atoms with van der Waals surface area (Å²) in [7, 11) is -3.74. The zero-order valence-electron chi connectivity index (χ0n) is 10.8. The average Bonchev–Trinajstić information content (AvgIpc) is 2.46. The third kappa shape index (κ3) is 3.69. The molecule has 1 fully saturated rings. The molecule has 0 aliphatic heterocycles. The van der Waals surface area contributed by atoms with Crippen molar-refractivity contribution in [3.8, 4) is 0 Å². The Hall–Kier alpha value is -1.64. The number of nitrogens with zero attached hydrogens (tertiary/aromatic N) is 2. The third-order valence-electron chi connectivity index (χ3n) is 3.12. The van der Waals surface area contributed by atoms with Crippen molar-refractivity contribution in [2.75, 3.05) is 5.23 Å². The van der Waals surface area contributed by atoms with Crippen LogP contribution in [-0.2, 0) is 10.0 Å². The van der Waals surface area contributed by atoms with E-state index in [0.29, 0.717) is 0 Å². The van der Waals surface area contributed by atoms with E-state index in [1.54, 1.807) is 0 Å². The standard InChI is InChI=1S/C12H16N3O4S/c16-15(17)11-6-8-12(9-7-11)20(18,19)14-13-10-4-2-1-3-5-10/h6-9,14,16H,1-5H2/q-1. The summed E-state index contributed by atoms with van der Waals surface area (Å²) in [4.78, 5) is 2.19. The van der Waals surface area contributed by atoms with E-state index in [1.807, 2.05) is 0 Å². The van der Waals surface area contributed by atoms with Crippen LogP contribution in [0.25, 0.3) is 0 Å². The molecule has 0 radical (unpaired) electrons. The lowest BCUT2D eigenvalue weighted by Crippen LogP contribution is -2.21. The molecule has 0 spiro atoms. The fraction of sp³-hybridized carbons (Fsp3) is 0.417. The van der Waals surface area contributed by atoms with Gasteiger partial charge in [-0.05, 0) is 49.9 Å². The molecule has 0 atom stereocenters. The number of nitrogens with one attached hydrogen (secondary N) is 1. The molecule has 20 heavy (non-hydrogen) atoms. The number of benzene rings is 1. The Kier molecular flexibility index (Phi) is 4.58. The summed E-state index contributed by atoms with van der Waals surface area (Å²) in [6, 6.07) is 4.91. The largest absolute Gasteiger partial charge is 0.733 e. The fourth-order valence-electron chi connectivity index (χ4n) is 2.00. The van der Waals surface area contributed by atoms with E-state index in [1.165, 1.54) is 24.3 Å². The van der Waals surface area contributed by atoms with Crippen LogP contribution in [0.5, 0.6) is 0 Å². The quantitative estimate of drug-likeness (QED) is 0.827. The molecule has 2 N–H and O–H groups in total. The fourth-order valence-corrected chi connectivity index (χ4v) is 2.85. The molecule has 1 aliphatic rings. The van der Waals surface area contributed by atoms with Crippen molar-refractivity contribution < 1.29 is 13.6 Å². The number of rotatable bonds is 4. The first-order valence-corrected chi connectivity index (χ1v) is 7.81. The van der Waals surface area contributed by atoms with E-state index >= 15 is 0 Å². The van der Waals surface area contributed by atoms with Gasteiger partial charge in [0.2, 0.25) is 0 Å². The lowest BCUT2D eigenvalue weighted by atomic mass is 9.99. The number of sulfonamides is 1. The molecule has 0 heterocycles. The summed E-state index contributed by atoms with van der Waals surface area (Å²) < 4.78 is 24.0. The van der Waals surface area contributed by atoms with E-state index in [-0.39, 0.29) is 15.8 Å². The highest BCUT2D eigenvalue weighted by Crippen LogP contribution is 2.17. The maximum Gasteiger partial charge on any atom is 0.276 e. The molecule has 1 saturated carbocycles. The second-order valence-electron chi connectivity index (χ2n) is 4.60. The molecule has 0 bridgehead atoms. The van der Waals surface area contributed by atoms with Crippen LogP contribution in [0.4, 0.5) is 5.69 Å². The van der Waals surface area contributed by atoms with Gasteiger partial charge >= 0.3 is 0 Å². The lowest BCUT2D eigenvalue weighted by Gasteiger charge is -2.21. The zero-order chi connectivity index (χ0) is 14.6. The predicted molar refractivity (Wildman–Crippen MR) is 74.9 cm³/mol. The van der Waals surface area contributed by atoms with E-state index in [9.17, 15) is 13.6 Å². The lowest BCUT2D eigenvalue weighted by molar-refractivity contribution is 0.296. The number of hydrazone groups is 1. The monoisotopic (exact) mass is 298 g/mol. The normalized spacial score (nSPS) is 15.8. The minimum atomic E-state index is -3.74. The van der Waals surface area contributed by atoms with Gasteiger partial charge in [-0.3, -0.25) is 5.21 Å². The van der Waals surface area contributed by atoms with Crippen LogP contribution >= 0.6 is 0 Å². The van der Waals surface area contributed by atoms with Gasteiger partial charge in [0.15, 0.2) is 0 Å². The van der Waals surface area contributed by atoms with Gasteiger partial charge in [-0.25, -0.2) is 4.83 Å². The minimum absolute atomic E-state index is 0.0109. The van der Waals surface area contributed by atoms with Crippen molar-refractivity contribution in [3.63, 3.8) is 0 Å². The highest BCUT2D eigenvalue weighted by atomic mass is 32.2. The summed E-state index contributed by atoms with van der Waals surface area (Å²) in [5.41, 5.74) is 0.820. The van der Waals surface area contributed by atoms with Gasteiger partial charge in [-0.1, -0.05) is 6.42 Å². The highest BCUT2D eigenvalue weighted by molar-refractivity contribution is 7.89. The molecule has 0 saturated heterocycles. The van der Waals surface area contributed by atoms with Gasteiger partial charge in [0.25, 0.3) is 10.0 Å². The zero-order valence-corrected chi connectivity index (χ0v) is 11.6. The molecule has 110 valence electrons. The van der Waals surface area contributed by atoms with E-state index in [4.69, 9.17) is 5.21 Å². The van der Waals surface area contributed by atoms with Crippen LogP contribution in [0.2, 0.25) is 0 Å². The van der Waals surface area contributed by atoms with Crippen LogP contribution in [0.1, 0.15) is 32.1 Å². The Labute approximate surface area is 117 Å². The highest BCUT2D eigenvalue weighted by Gasteiger charge is 2.14. The minimum Gasteiger partial charge on any atom is -0.733 e. The topological polar surface area (TPSA) is 105 Å². The maximum absolute atomic E-state index is 12.0. The SMILES string of the molecule is O=S(=O)(NN=C1CCCCC1)c1ccc(N([O-])O)cc1. The Bertz CT molecular complexity index is 573. The second kappa shape index (κ2) is 6.21. The molecule has 0 unspecified atom stereocenters. The summed E-state index contributed by atoms with van der Waals surface area (Å²) >= 11 is 0. The molecule has 1 aromatic carbocycles. The molecule has 0 amide bonds. The average molecular weight is 298 g/mol. The second-order valence-corrected chi connectivity index (χ2v) is 6.26. The summed E-state index contributed by atoms with van der Waals surface area (Å²) in [5, 5.41) is 22.9. The Balaban J connectivity index is 2.09. The van der Waals surface area contributed by atoms with Crippen LogP contribution in [0.3, 0.4) is 0 Å². The third-order valence-corrected chi connectivity index (χ3v) is 4.35. The molecule has 2 rings (SSSR count). The van der Waals surface area contributed by atoms with Crippen LogP contribution < -0.4 is 10.1 Å². The van der Waals surface area contributed by atoms with Gasteiger partial charge in [0.1, 0.15) is 0 Å². The number of hydrogen-bond acceptors (Lipinski definition) is 6. The molecular weight excluding hydrogens is 282 g/mol. The van der Waals surface area contributed by atoms with Gasteiger partial charge in [0, 0.05) is 5.71 Å². The molecule has 8 heteroatoms. The van der Waals surface area contributed by atoms with Gasteiger partial charge in [-0.15, -0.1) is 0 Å². The van der Waals surface area contributed by atoms with E-state index in [0.717, 1.165) is 37.8 Å². The van der Waals surface area contributed by atoms with Gasteiger partial charge in [0.05, 0.1) is 10.6 Å². The number of hydrogen-bond donors (Lipinski definition) is 2. The first kappa shape index (κ1) is 14.8. The molecule has 1 aliphatic carbocycles. The summed E-state index contributed by atoms with van der Waals surface area (Å²) in [6.45, 7) is 0. The Morgan fingerprint density at radius 3 is 2.30 bits per heavy atom. The molecule has 7 nitrogen and oxygen atoms in total. The first-order valence-electron chi connectivity index (χ1n) is 6.32. The van der Waals surface area contributed by atoms with Crippen molar-refractivity contribution in [3.05, 3.63) is 29.5 Å². The Morgan fingerprint density at radius 1 is 1.15 bits per heavy atom. The Morgan fingerprint density at radius 2 is 1.75 bits per heavy atom. The van der Waals surface area contributed by atoms with Crippen LogP contribution in [0, 0.1) is 5.21 Å². The van der Waals surface area contributed by atoms with Gasteiger partial charge in [-0.2, -0.15) is 13.5 Å². The van der Waals surface area contributed by atoms with E-state index in [2.05, 4.69) is 9.93 Å². The van der Waals surface area contributed by atoms with Crippen LogP contribution in [0.15, 0.2) is 34.3 Å². The van der Waals surface area contributed by atoms with Crippen LogP contribution in [-0.4, -0.2) is 19.3 Å². The molecular formula is C12H16N3O4S-. The summed E-state index contributed by atoms with van der Waals surface area (Å²) in [6.07, 6.45) is 4.85.